The number of benzene rings is 1. The van der Waals surface area contributed by atoms with E-state index in [1.165, 1.54) is 6.92 Å². The highest BCUT2D eigenvalue weighted by atomic mass is 16.5. The van der Waals surface area contributed by atoms with Gasteiger partial charge in [-0.15, -0.1) is 0 Å². The van der Waals surface area contributed by atoms with Crippen molar-refractivity contribution in [2.75, 3.05) is 23.4 Å². The Balaban J connectivity index is 2.19. The van der Waals surface area contributed by atoms with Gasteiger partial charge in [0.15, 0.2) is 0 Å². The van der Waals surface area contributed by atoms with E-state index in [1.807, 2.05) is 13.8 Å². The van der Waals surface area contributed by atoms with Crippen LogP contribution in [0.3, 0.4) is 0 Å². The first-order valence-corrected chi connectivity index (χ1v) is 6.82. The number of carbonyl (C=O) groups is 2. The molecule has 0 saturated heterocycles. The Morgan fingerprint density at radius 3 is 2.80 bits per heavy atom. The minimum atomic E-state index is -0.0276. The minimum absolute atomic E-state index is 0.0222. The molecule has 5 nitrogen and oxygen atoms in total. The zero-order chi connectivity index (χ0) is 14.7. The van der Waals surface area contributed by atoms with E-state index in [1.54, 1.807) is 23.1 Å². The number of ether oxygens (including phenoxy) is 1. The van der Waals surface area contributed by atoms with Gasteiger partial charge >= 0.3 is 0 Å². The molecule has 1 heterocycles. The Bertz CT molecular complexity index is 526. The van der Waals surface area contributed by atoms with Crippen LogP contribution in [-0.2, 0) is 9.59 Å². The predicted octanol–water partition coefficient (Wildman–Crippen LogP) is 2.42. The molecule has 5 heteroatoms. The summed E-state index contributed by atoms with van der Waals surface area (Å²) in [6.45, 7) is 6.55. The molecule has 1 aliphatic heterocycles. The fourth-order valence-corrected chi connectivity index (χ4v) is 2.21. The van der Waals surface area contributed by atoms with E-state index in [9.17, 15) is 9.59 Å². The summed E-state index contributed by atoms with van der Waals surface area (Å²) >= 11 is 0. The van der Waals surface area contributed by atoms with E-state index in [-0.39, 0.29) is 11.8 Å². The molecule has 2 amide bonds. The van der Waals surface area contributed by atoms with E-state index in [2.05, 4.69) is 5.32 Å². The van der Waals surface area contributed by atoms with E-state index in [4.69, 9.17) is 4.74 Å². The molecular weight excluding hydrogens is 256 g/mol. The van der Waals surface area contributed by atoms with Crippen molar-refractivity contribution >= 4 is 23.2 Å². The molecule has 1 aromatic carbocycles. The molecule has 0 fully saturated rings. The summed E-state index contributed by atoms with van der Waals surface area (Å²) in [5.74, 6) is 0.934. The maximum Gasteiger partial charge on any atom is 0.224 e. The Kier molecular flexibility index (Phi) is 4.27. The van der Waals surface area contributed by atoms with Crippen LogP contribution in [-0.4, -0.2) is 25.0 Å². The van der Waals surface area contributed by atoms with Crippen molar-refractivity contribution in [2.24, 2.45) is 5.92 Å². The predicted molar refractivity (Wildman–Crippen MR) is 78.0 cm³/mol. The molecule has 1 aromatic rings. The van der Waals surface area contributed by atoms with Gasteiger partial charge in [0.05, 0.1) is 12.2 Å². The van der Waals surface area contributed by atoms with Crippen molar-refractivity contribution in [1.29, 1.82) is 0 Å². The molecule has 2 rings (SSSR count). The van der Waals surface area contributed by atoms with Gasteiger partial charge in [-0.25, -0.2) is 0 Å². The third kappa shape index (κ3) is 3.29. The molecule has 0 spiro atoms. The highest BCUT2D eigenvalue weighted by molar-refractivity contribution is 5.96. The van der Waals surface area contributed by atoms with Crippen LogP contribution in [0.25, 0.3) is 0 Å². The third-order valence-electron chi connectivity index (χ3n) is 3.08. The Morgan fingerprint density at radius 2 is 2.15 bits per heavy atom. The Hall–Kier alpha value is -2.04. The van der Waals surface area contributed by atoms with Crippen LogP contribution >= 0.6 is 0 Å². The first-order chi connectivity index (χ1) is 9.47. The summed E-state index contributed by atoms with van der Waals surface area (Å²) in [4.78, 5) is 25.1. The van der Waals surface area contributed by atoms with E-state index in [0.29, 0.717) is 42.6 Å². The number of nitrogens with one attached hydrogen (secondary N) is 1. The van der Waals surface area contributed by atoms with Crippen LogP contribution in [0.2, 0.25) is 0 Å². The van der Waals surface area contributed by atoms with Crippen molar-refractivity contribution in [3.63, 3.8) is 0 Å². The first kappa shape index (κ1) is 14.4. The van der Waals surface area contributed by atoms with Gasteiger partial charge in [0.25, 0.3) is 0 Å². The summed E-state index contributed by atoms with van der Waals surface area (Å²) < 4.78 is 5.52. The Morgan fingerprint density at radius 1 is 1.40 bits per heavy atom. The monoisotopic (exact) mass is 276 g/mol. The second-order valence-electron chi connectivity index (χ2n) is 5.35. The number of rotatable bonds is 3. The average molecular weight is 276 g/mol. The van der Waals surface area contributed by atoms with E-state index < -0.39 is 0 Å². The fourth-order valence-electron chi connectivity index (χ4n) is 2.21. The fraction of sp³-hybridized carbons (Fsp3) is 0.467. The van der Waals surface area contributed by atoms with E-state index >= 15 is 0 Å². The molecule has 0 aliphatic carbocycles. The van der Waals surface area contributed by atoms with Crippen molar-refractivity contribution in [2.45, 2.75) is 27.2 Å². The van der Waals surface area contributed by atoms with Gasteiger partial charge in [-0.3, -0.25) is 9.59 Å². The average Bonchev–Trinajstić information content (AvgIpc) is 2.36. The summed E-state index contributed by atoms with van der Waals surface area (Å²) in [6, 6.07) is 5.37. The van der Waals surface area contributed by atoms with Crippen LogP contribution in [0.1, 0.15) is 27.2 Å². The third-order valence-corrected chi connectivity index (χ3v) is 3.08. The number of anilines is 2. The lowest BCUT2D eigenvalue weighted by Crippen LogP contribution is -2.36. The van der Waals surface area contributed by atoms with Crippen molar-refractivity contribution in [3.8, 4) is 5.75 Å². The summed E-state index contributed by atoms with van der Waals surface area (Å²) in [6.07, 6.45) is 0.476. The van der Waals surface area contributed by atoms with Gasteiger partial charge in [0, 0.05) is 19.0 Å². The summed E-state index contributed by atoms with van der Waals surface area (Å²) in [7, 11) is 0. The van der Waals surface area contributed by atoms with Gasteiger partial charge in [0.1, 0.15) is 12.4 Å². The molecule has 108 valence electrons. The molecule has 1 aliphatic rings. The van der Waals surface area contributed by atoms with Crippen molar-refractivity contribution in [3.05, 3.63) is 18.2 Å². The number of nitrogens with zero attached hydrogens (tertiary/aromatic N) is 1. The second kappa shape index (κ2) is 5.94. The molecule has 0 radical (unpaired) electrons. The lowest BCUT2D eigenvalue weighted by atomic mass is 10.1. The van der Waals surface area contributed by atoms with Gasteiger partial charge in [0.2, 0.25) is 11.8 Å². The zero-order valence-corrected chi connectivity index (χ0v) is 12.1. The van der Waals surface area contributed by atoms with Crippen LogP contribution in [0.5, 0.6) is 5.75 Å². The van der Waals surface area contributed by atoms with Crippen LogP contribution in [0, 0.1) is 5.92 Å². The molecule has 0 aromatic heterocycles. The number of amides is 2. The first-order valence-electron chi connectivity index (χ1n) is 6.82. The molecule has 0 atom stereocenters. The maximum absolute atomic E-state index is 11.8. The van der Waals surface area contributed by atoms with Crippen molar-refractivity contribution in [1.82, 2.24) is 0 Å². The molecule has 0 saturated carbocycles. The van der Waals surface area contributed by atoms with Gasteiger partial charge in [-0.1, -0.05) is 13.8 Å². The van der Waals surface area contributed by atoms with Gasteiger partial charge in [-0.2, -0.15) is 0 Å². The number of carbonyl (C=O) groups excluding carboxylic acids is 2. The second-order valence-corrected chi connectivity index (χ2v) is 5.35. The molecule has 20 heavy (non-hydrogen) atoms. The number of hydrogen-bond donors (Lipinski definition) is 1. The molecule has 1 N–H and O–H groups in total. The summed E-state index contributed by atoms with van der Waals surface area (Å²) in [5.41, 5.74) is 1.40. The number of fused-ring (bicyclic) bond motifs is 1. The lowest BCUT2D eigenvalue weighted by molar-refractivity contribution is -0.117. The van der Waals surface area contributed by atoms with Crippen LogP contribution in [0.4, 0.5) is 11.4 Å². The van der Waals surface area contributed by atoms with Crippen molar-refractivity contribution < 1.29 is 14.3 Å². The number of hydrogen-bond acceptors (Lipinski definition) is 3. The van der Waals surface area contributed by atoms with Crippen LogP contribution in [0.15, 0.2) is 18.2 Å². The maximum atomic E-state index is 11.8. The Labute approximate surface area is 118 Å². The lowest BCUT2D eigenvalue weighted by Gasteiger charge is -2.29. The molecular formula is C15H20N2O3. The highest BCUT2D eigenvalue weighted by Gasteiger charge is 2.21. The van der Waals surface area contributed by atoms with Gasteiger partial charge < -0.3 is 15.0 Å². The molecule has 0 bridgehead atoms. The topological polar surface area (TPSA) is 58.6 Å². The normalized spacial score (nSPS) is 13.7. The SMILES string of the molecule is CC(=O)N1CCOc2ccc(NC(=O)CC(C)C)cc21. The molecule has 0 unspecified atom stereocenters. The largest absolute Gasteiger partial charge is 0.490 e. The summed E-state index contributed by atoms with van der Waals surface area (Å²) in [5, 5.41) is 2.85. The standard InChI is InChI=1S/C15H20N2O3/c1-10(2)8-15(19)16-12-4-5-14-13(9-12)17(11(3)18)6-7-20-14/h4-5,9-10H,6-8H2,1-3H3,(H,16,19). The smallest absolute Gasteiger partial charge is 0.224 e. The van der Waals surface area contributed by atoms with Crippen LogP contribution < -0.4 is 15.0 Å². The highest BCUT2D eigenvalue weighted by Crippen LogP contribution is 2.34. The minimum Gasteiger partial charge on any atom is -0.490 e. The zero-order valence-electron chi connectivity index (χ0n) is 12.1. The van der Waals surface area contributed by atoms with E-state index in [0.717, 1.165) is 0 Å². The van der Waals surface area contributed by atoms with Gasteiger partial charge in [-0.05, 0) is 24.1 Å². The quantitative estimate of drug-likeness (QED) is 0.922.